The van der Waals surface area contributed by atoms with Gasteiger partial charge in [0, 0.05) is 36.8 Å². The van der Waals surface area contributed by atoms with Gasteiger partial charge >= 0.3 is 6.03 Å². The highest BCUT2D eigenvalue weighted by atomic mass is 35.5. The monoisotopic (exact) mass is 366 g/mol. The number of carbonyl (C=O) groups is 1. The number of carbonyl (C=O) groups excluding carboxylic acids is 1. The molecule has 0 aliphatic carbocycles. The molecule has 1 N–H and O–H groups in total. The molecule has 2 atom stereocenters. The minimum Gasteiger partial charge on any atom is -0.335 e. The highest BCUT2D eigenvalue weighted by molar-refractivity contribution is 5.94. The molecule has 0 spiro atoms. The second-order valence-electron chi connectivity index (χ2n) is 7.14. The fraction of sp³-hybridized carbons (Fsp3) is 0.588. The Balaban J connectivity index is 0.00000182. The smallest absolute Gasteiger partial charge is 0.322 e. The molecule has 25 heavy (non-hydrogen) atoms. The first-order valence-corrected chi connectivity index (χ1v) is 8.60. The Bertz CT molecular complexity index is 684. The second kappa shape index (κ2) is 6.80. The Labute approximate surface area is 152 Å². The third-order valence-corrected chi connectivity index (χ3v) is 5.85. The standard InChI is InChI=1S/C17H22N4O3.ClH/c1-19-13-4-5-14(19)9-12(8-13)18-17(22)20-7-6-11-2-3-15(21(23)24)10-16(11)20;/h2-3,10,12-14H,4-9H2,1H3,(H,18,22);1H. The van der Waals surface area contributed by atoms with Crippen LogP contribution in [-0.2, 0) is 6.42 Å². The summed E-state index contributed by atoms with van der Waals surface area (Å²) in [6.07, 6.45) is 5.17. The van der Waals surface area contributed by atoms with Crippen molar-refractivity contribution in [1.29, 1.82) is 0 Å². The minimum absolute atomic E-state index is 0. The first kappa shape index (κ1) is 17.9. The van der Waals surface area contributed by atoms with Crippen molar-refractivity contribution >= 4 is 29.8 Å². The molecule has 3 aliphatic heterocycles. The van der Waals surface area contributed by atoms with Gasteiger partial charge in [0.15, 0.2) is 0 Å². The summed E-state index contributed by atoms with van der Waals surface area (Å²) < 4.78 is 0. The van der Waals surface area contributed by atoms with Gasteiger partial charge < -0.3 is 10.2 Å². The zero-order valence-corrected chi connectivity index (χ0v) is 15.0. The van der Waals surface area contributed by atoms with E-state index >= 15 is 0 Å². The van der Waals surface area contributed by atoms with Crippen LogP contribution in [0, 0.1) is 10.1 Å². The van der Waals surface area contributed by atoms with Crippen molar-refractivity contribution in [2.75, 3.05) is 18.5 Å². The SMILES string of the molecule is CN1C2CCC1CC(NC(=O)N1CCc3ccc([N+](=O)[O-])cc31)C2.Cl. The van der Waals surface area contributed by atoms with E-state index in [4.69, 9.17) is 0 Å². The van der Waals surface area contributed by atoms with Crippen LogP contribution in [0.15, 0.2) is 18.2 Å². The predicted octanol–water partition coefficient (Wildman–Crippen LogP) is 2.71. The van der Waals surface area contributed by atoms with Crippen LogP contribution in [0.1, 0.15) is 31.2 Å². The highest BCUT2D eigenvalue weighted by Gasteiger charge is 2.39. The maximum Gasteiger partial charge on any atom is 0.322 e. The number of fused-ring (bicyclic) bond motifs is 3. The summed E-state index contributed by atoms with van der Waals surface area (Å²) in [5, 5.41) is 14.1. The van der Waals surface area contributed by atoms with Crippen molar-refractivity contribution < 1.29 is 9.72 Å². The van der Waals surface area contributed by atoms with Crippen molar-refractivity contribution in [2.45, 2.75) is 50.2 Å². The van der Waals surface area contributed by atoms with Crippen LogP contribution in [0.25, 0.3) is 0 Å². The topological polar surface area (TPSA) is 78.7 Å². The first-order chi connectivity index (χ1) is 11.5. The molecule has 2 saturated heterocycles. The maximum absolute atomic E-state index is 12.7. The number of amides is 2. The lowest BCUT2D eigenvalue weighted by atomic mass is 9.98. The molecule has 136 valence electrons. The van der Waals surface area contributed by atoms with E-state index in [1.165, 1.54) is 25.0 Å². The van der Waals surface area contributed by atoms with E-state index in [2.05, 4.69) is 17.3 Å². The second-order valence-corrected chi connectivity index (χ2v) is 7.14. The van der Waals surface area contributed by atoms with Crippen LogP contribution < -0.4 is 10.2 Å². The number of urea groups is 1. The van der Waals surface area contributed by atoms with E-state index in [9.17, 15) is 14.9 Å². The molecule has 0 saturated carbocycles. The van der Waals surface area contributed by atoms with E-state index < -0.39 is 4.92 Å². The van der Waals surface area contributed by atoms with Gasteiger partial charge in [-0.05, 0) is 44.7 Å². The summed E-state index contributed by atoms with van der Waals surface area (Å²) in [5.74, 6) is 0. The lowest BCUT2D eigenvalue weighted by molar-refractivity contribution is -0.384. The number of piperidine rings is 1. The molecule has 1 aromatic carbocycles. The number of halogens is 1. The number of rotatable bonds is 2. The van der Waals surface area contributed by atoms with Gasteiger partial charge in [0.2, 0.25) is 0 Å². The largest absolute Gasteiger partial charge is 0.335 e. The van der Waals surface area contributed by atoms with Crippen LogP contribution in [0.3, 0.4) is 0 Å². The number of nitrogens with zero attached hydrogens (tertiary/aromatic N) is 3. The fourth-order valence-corrected chi connectivity index (χ4v) is 4.47. The van der Waals surface area contributed by atoms with Gasteiger partial charge in [-0.3, -0.25) is 15.0 Å². The van der Waals surface area contributed by atoms with Gasteiger partial charge in [-0.25, -0.2) is 4.79 Å². The minimum atomic E-state index is -0.413. The summed E-state index contributed by atoms with van der Waals surface area (Å²) in [5.41, 5.74) is 1.71. The van der Waals surface area contributed by atoms with Gasteiger partial charge in [0.1, 0.15) is 0 Å². The van der Waals surface area contributed by atoms with Crippen molar-refractivity contribution in [3.63, 3.8) is 0 Å². The molecule has 2 bridgehead atoms. The van der Waals surface area contributed by atoms with Gasteiger partial charge in [-0.2, -0.15) is 0 Å². The number of nitrogens with one attached hydrogen (secondary N) is 1. The van der Waals surface area contributed by atoms with Gasteiger partial charge in [0.05, 0.1) is 10.6 Å². The molecule has 7 nitrogen and oxygen atoms in total. The first-order valence-electron chi connectivity index (χ1n) is 8.60. The Hall–Kier alpha value is -1.86. The molecular formula is C17H23ClN4O3. The molecule has 8 heteroatoms. The number of nitro benzene ring substituents is 1. The van der Waals surface area contributed by atoms with Gasteiger partial charge in [0.25, 0.3) is 5.69 Å². The van der Waals surface area contributed by atoms with Crippen LogP contribution in [0.2, 0.25) is 0 Å². The molecule has 0 aromatic heterocycles. The molecule has 2 fully saturated rings. The third-order valence-electron chi connectivity index (χ3n) is 5.85. The molecule has 2 amide bonds. The average molecular weight is 367 g/mol. The molecule has 2 unspecified atom stereocenters. The van der Waals surface area contributed by atoms with Gasteiger partial charge in [-0.1, -0.05) is 6.07 Å². The van der Waals surface area contributed by atoms with E-state index in [0.29, 0.717) is 24.3 Å². The van der Waals surface area contributed by atoms with E-state index in [0.717, 1.165) is 24.8 Å². The normalized spacial score (nSPS) is 27.6. The number of hydrogen-bond donors (Lipinski definition) is 1. The average Bonchev–Trinajstić information content (AvgIpc) is 3.05. The predicted molar refractivity (Wildman–Crippen MR) is 97.5 cm³/mol. The number of anilines is 1. The summed E-state index contributed by atoms with van der Waals surface area (Å²) >= 11 is 0. The van der Waals surface area contributed by atoms with E-state index in [-0.39, 0.29) is 30.2 Å². The Morgan fingerprint density at radius 3 is 2.60 bits per heavy atom. The van der Waals surface area contributed by atoms with E-state index in [1.54, 1.807) is 11.0 Å². The summed E-state index contributed by atoms with van der Waals surface area (Å²) in [6, 6.07) is 6.00. The zero-order valence-electron chi connectivity index (χ0n) is 14.2. The maximum atomic E-state index is 12.7. The van der Waals surface area contributed by atoms with Crippen molar-refractivity contribution in [3.8, 4) is 0 Å². The summed E-state index contributed by atoms with van der Waals surface area (Å²) in [6.45, 7) is 0.585. The number of nitro groups is 1. The van der Waals surface area contributed by atoms with Crippen molar-refractivity contribution in [1.82, 2.24) is 10.2 Å². The molecular weight excluding hydrogens is 344 g/mol. The number of hydrogen-bond acceptors (Lipinski definition) is 4. The Morgan fingerprint density at radius 1 is 1.28 bits per heavy atom. The lowest BCUT2D eigenvalue weighted by Gasteiger charge is -2.37. The lowest BCUT2D eigenvalue weighted by Crippen LogP contribution is -2.51. The third kappa shape index (κ3) is 3.18. The van der Waals surface area contributed by atoms with Crippen LogP contribution in [-0.4, -0.2) is 47.6 Å². The van der Waals surface area contributed by atoms with Crippen LogP contribution in [0.4, 0.5) is 16.2 Å². The number of non-ortho nitro benzene ring substituents is 1. The van der Waals surface area contributed by atoms with Crippen molar-refractivity contribution in [3.05, 3.63) is 33.9 Å². The molecule has 4 rings (SSSR count). The molecule has 1 aromatic rings. The number of benzene rings is 1. The highest BCUT2D eigenvalue weighted by Crippen LogP contribution is 2.35. The summed E-state index contributed by atoms with van der Waals surface area (Å²) in [7, 11) is 2.18. The molecule has 0 radical (unpaired) electrons. The fourth-order valence-electron chi connectivity index (χ4n) is 4.47. The Kier molecular flexibility index (Phi) is 4.88. The van der Waals surface area contributed by atoms with Crippen molar-refractivity contribution in [2.24, 2.45) is 0 Å². The molecule has 3 heterocycles. The Morgan fingerprint density at radius 2 is 1.96 bits per heavy atom. The zero-order chi connectivity index (χ0) is 16.8. The summed E-state index contributed by atoms with van der Waals surface area (Å²) in [4.78, 5) is 27.4. The van der Waals surface area contributed by atoms with Crippen LogP contribution >= 0.6 is 12.4 Å². The quantitative estimate of drug-likeness (QED) is 0.644. The van der Waals surface area contributed by atoms with E-state index in [1.807, 2.05) is 0 Å². The molecule has 3 aliphatic rings. The van der Waals surface area contributed by atoms with Gasteiger partial charge in [-0.15, -0.1) is 12.4 Å². The van der Waals surface area contributed by atoms with Crippen LogP contribution in [0.5, 0.6) is 0 Å².